The van der Waals surface area contributed by atoms with Gasteiger partial charge in [-0.1, -0.05) is 25.0 Å². The van der Waals surface area contributed by atoms with E-state index in [1.54, 1.807) is 24.3 Å². The Balaban J connectivity index is 1.86. The molecule has 4 rings (SSSR count). The third kappa shape index (κ3) is 5.50. The third-order valence-electron chi connectivity index (χ3n) is 5.84. The standard InChI is InChI=1S/C22H24O8S2/c23-31(24,25)29-17-9-11-19-15(13-17)7-8-16-14-18(30-32(26,27)28)10-12-20(16)22-6-4-2-1-3-5-21(19)22/h9-14H,1-8H2,(H,23,24,25)(H,26,27,28). The van der Waals surface area contributed by atoms with Gasteiger partial charge in [0.05, 0.1) is 0 Å². The third-order valence-corrected chi connectivity index (χ3v) is 6.64. The number of fused-ring (bicyclic) bond motifs is 4. The molecule has 0 bridgehead atoms. The molecule has 32 heavy (non-hydrogen) atoms. The highest BCUT2D eigenvalue weighted by Crippen LogP contribution is 2.42. The Morgan fingerprint density at radius 3 is 1.38 bits per heavy atom. The van der Waals surface area contributed by atoms with E-state index in [1.165, 1.54) is 11.1 Å². The molecule has 2 N–H and O–H groups in total. The Morgan fingerprint density at radius 2 is 1.00 bits per heavy atom. The number of hydrogen-bond acceptors (Lipinski definition) is 6. The number of aryl methyl sites for hydroxylation is 2. The molecule has 10 heteroatoms. The van der Waals surface area contributed by atoms with Gasteiger partial charge in [-0.05, 0) is 96.2 Å². The molecule has 2 aromatic carbocycles. The molecule has 8 nitrogen and oxygen atoms in total. The van der Waals surface area contributed by atoms with Crippen LogP contribution in [-0.2, 0) is 33.6 Å². The van der Waals surface area contributed by atoms with Crippen molar-refractivity contribution < 1.29 is 34.3 Å². The topological polar surface area (TPSA) is 127 Å². The van der Waals surface area contributed by atoms with Gasteiger partial charge >= 0.3 is 20.8 Å². The summed E-state index contributed by atoms with van der Waals surface area (Å²) in [7, 11) is -9.27. The van der Waals surface area contributed by atoms with Crippen LogP contribution in [0.2, 0.25) is 0 Å². The quantitative estimate of drug-likeness (QED) is 0.616. The van der Waals surface area contributed by atoms with E-state index in [4.69, 9.17) is 9.11 Å². The van der Waals surface area contributed by atoms with E-state index in [0.29, 0.717) is 12.8 Å². The van der Waals surface area contributed by atoms with Crippen LogP contribution in [0, 0.1) is 0 Å². The van der Waals surface area contributed by atoms with Crippen molar-refractivity contribution in [1.29, 1.82) is 0 Å². The molecule has 0 unspecified atom stereocenters. The maximum absolute atomic E-state index is 11.2. The van der Waals surface area contributed by atoms with Crippen molar-refractivity contribution in [3.05, 3.63) is 58.7 Å². The number of rotatable bonds is 4. The van der Waals surface area contributed by atoms with Crippen LogP contribution in [0.3, 0.4) is 0 Å². The van der Waals surface area contributed by atoms with Gasteiger partial charge in [0.1, 0.15) is 11.5 Å². The summed E-state index contributed by atoms with van der Waals surface area (Å²) in [5, 5.41) is 0. The molecule has 0 fully saturated rings. The summed E-state index contributed by atoms with van der Waals surface area (Å²) in [5.41, 5.74) is 6.20. The first-order valence-electron chi connectivity index (χ1n) is 10.4. The minimum atomic E-state index is -4.63. The second-order valence-electron chi connectivity index (χ2n) is 8.03. The Morgan fingerprint density at radius 1 is 0.594 bits per heavy atom. The summed E-state index contributed by atoms with van der Waals surface area (Å²) in [5.74, 6) is 0.0620. The fourth-order valence-electron chi connectivity index (χ4n) is 4.61. The summed E-state index contributed by atoms with van der Waals surface area (Å²) in [4.78, 5) is 0. The first-order chi connectivity index (χ1) is 15.1. The van der Waals surface area contributed by atoms with E-state index in [2.05, 4.69) is 8.37 Å². The van der Waals surface area contributed by atoms with Crippen LogP contribution in [0.4, 0.5) is 0 Å². The number of allylic oxidation sites excluding steroid dienone is 2. The number of hydrogen-bond donors (Lipinski definition) is 2. The first kappa shape index (κ1) is 22.8. The molecule has 2 aliphatic carbocycles. The highest BCUT2D eigenvalue weighted by atomic mass is 32.3. The first-order valence-corrected chi connectivity index (χ1v) is 13.1. The van der Waals surface area contributed by atoms with E-state index < -0.39 is 20.8 Å². The highest BCUT2D eigenvalue weighted by molar-refractivity contribution is 7.81. The molecule has 0 radical (unpaired) electrons. The van der Waals surface area contributed by atoms with Crippen molar-refractivity contribution in [3.8, 4) is 11.5 Å². The van der Waals surface area contributed by atoms with E-state index in [0.717, 1.165) is 60.8 Å². The van der Waals surface area contributed by atoms with E-state index >= 15 is 0 Å². The van der Waals surface area contributed by atoms with Gasteiger partial charge in [-0.3, -0.25) is 9.11 Å². The van der Waals surface area contributed by atoms with Crippen LogP contribution in [-0.4, -0.2) is 25.9 Å². The highest BCUT2D eigenvalue weighted by Gasteiger charge is 2.23. The molecule has 0 aromatic heterocycles. The lowest BCUT2D eigenvalue weighted by molar-refractivity contribution is 0.384. The second-order valence-corrected chi connectivity index (χ2v) is 10.1. The maximum atomic E-state index is 11.2. The Kier molecular flexibility index (Phi) is 6.30. The van der Waals surface area contributed by atoms with Crippen molar-refractivity contribution in [3.63, 3.8) is 0 Å². The summed E-state index contributed by atoms with van der Waals surface area (Å²) in [6.45, 7) is 0. The molecule has 0 atom stereocenters. The van der Waals surface area contributed by atoms with E-state index in [-0.39, 0.29) is 11.5 Å². The van der Waals surface area contributed by atoms with Gasteiger partial charge in [-0.15, -0.1) is 0 Å². The van der Waals surface area contributed by atoms with Gasteiger partial charge < -0.3 is 8.37 Å². The minimum absolute atomic E-state index is 0.0310. The molecule has 0 saturated heterocycles. The smallest absolute Gasteiger partial charge is 0.362 e. The molecule has 0 saturated carbocycles. The van der Waals surface area contributed by atoms with Gasteiger partial charge in [0, 0.05) is 0 Å². The zero-order chi connectivity index (χ0) is 22.9. The SMILES string of the molecule is O=S(=O)(O)Oc1ccc2c(c1)CCc1cc(OS(=O)(=O)O)ccc1C1=C2CCCCCC1. The normalized spacial score (nSPS) is 17.1. The lowest BCUT2D eigenvalue weighted by atomic mass is 9.79. The lowest BCUT2D eigenvalue weighted by Gasteiger charge is -2.26. The molecule has 0 aliphatic heterocycles. The summed E-state index contributed by atoms with van der Waals surface area (Å²) in [6.07, 6.45) is 7.12. The van der Waals surface area contributed by atoms with Gasteiger partial charge in [0.2, 0.25) is 0 Å². The zero-order valence-corrected chi connectivity index (χ0v) is 18.9. The van der Waals surface area contributed by atoms with Crippen LogP contribution >= 0.6 is 0 Å². The van der Waals surface area contributed by atoms with Crippen molar-refractivity contribution in [2.75, 3.05) is 0 Å². The predicted molar refractivity (Wildman–Crippen MR) is 119 cm³/mol. The molecule has 0 heterocycles. The predicted octanol–water partition coefficient (Wildman–Crippen LogP) is 4.41. The summed E-state index contributed by atoms with van der Waals surface area (Å²) >= 11 is 0. The van der Waals surface area contributed by atoms with Gasteiger partial charge in [-0.2, -0.15) is 16.8 Å². The van der Waals surface area contributed by atoms with Crippen LogP contribution in [0.15, 0.2) is 36.4 Å². The average molecular weight is 481 g/mol. The molecule has 172 valence electrons. The fourth-order valence-corrected chi connectivity index (χ4v) is 5.31. The van der Waals surface area contributed by atoms with Crippen LogP contribution in [0.5, 0.6) is 11.5 Å². The van der Waals surface area contributed by atoms with Crippen LogP contribution < -0.4 is 8.37 Å². The van der Waals surface area contributed by atoms with E-state index in [9.17, 15) is 16.8 Å². The maximum Gasteiger partial charge on any atom is 0.446 e. The van der Waals surface area contributed by atoms with E-state index in [1.807, 2.05) is 12.1 Å². The minimum Gasteiger partial charge on any atom is -0.362 e. The molecular weight excluding hydrogens is 456 g/mol. The zero-order valence-electron chi connectivity index (χ0n) is 17.3. The van der Waals surface area contributed by atoms with Crippen molar-refractivity contribution in [2.24, 2.45) is 0 Å². The monoisotopic (exact) mass is 480 g/mol. The van der Waals surface area contributed by atoms with Crippen molar-refractivity contribution in [2.45, 2.75) is 51.4 Å². The van der Waals surface area contributed by atoms with Crippen LogP contribution in [0.25, 0.3) is 11.1 Å². The van der Waals surface area contributed by atoms with Gasteiger partial charge in [-0.25, -0.2) is 0 Å². The average Bonchev–Trinajstić information content (AvgIpc) is 2.64. The van der Waals surface area contributed by atoms with Gasteiger partial charge in [0.25, 0.3) is 0 Å². The number of benzene rings is 2. The Bertz CT molecular complexity index is 1180. The Labute approximate surface area is 187 Å². The Hall–Kier alpha value is -2.40. The van der Waals surface area contributed by atoms with Crippen LogP contribution in [0.1, 0.15) is 60.8 Å². The lowest BCUT2D eigenvalue weighted by Crippen LogP contribution is -2.11. The molecule has 0 spiro atoms. The second kappa shape index (κ2) is 8.86. The van der Waals surface area contributed by atoms with Crippen molar-refractivity contribution in [1.82, 2.24) is 0 Å². The fraction of sp³-hybridized carbons (Fsp3) is 0.364. The summed E-state index contributed by atoms with van der Waals surface area (Å²) in [6, 6.07) is 10.0. The molecular formula is C22H24O8S2. The molecule has 2 aromatic rings. The van der Waals surface area contributed by atoms with Crippen molar-refractivity contribution >= 4 is 31.9 Å². The molecule has 0 amide bonds. The largest absolute Gasteiger partial charge is 0.446 e. The molecule has 2 aliphatic rings. The van der Waals surface area contributed by atoms with Gasteiger partial charge in [0.15, 0.2) is 0 Å². The summed E-state index contributed by atoms with van der Waals surface area (Å²) < 4.78 is 72.0.